The fourth-order valence-electron chi connectivity index (χ4n) is 5.61. The number of rotatable bonds is 7. The van der Waals surface area contributed by atoms with Crippen LogP contribution in [-0.2, 0) is 0 Å². The van der Waals surface area contributed by atoms with Gasteiger partial charge in [0.1, 0.15) is 29.5 Å². The van der Waals surface area contributed by atoms with Crippen molar-refractivity contribution < 1.29 is 14.2 Å². The van der Waals surface area contributed by atoms with E-state index in [1.54, 1.807) is 7.11 Å². The highest BCUT2D eigenvalue weighted by Gasteiger charge is 2.45. The standard InChI is InChI=1S/C30H35NO3.C2H6/c1-30(2)29(23-9-5-4-6-10-23)28(26-16-15-25(32-3)21-27(26)34-30)22-11-13-24(14-12-22)33-20-19-31-17-7-8-18-31;1-2/h4-6,9-16,21,28-29H,7-8,17-20H2,1-3H3;1-2H3/t28-,29-;/m1./s1. The quantitative estimate of drug-likeness (QED) is 0.350. The van der Waals surface area contributed by atoms with Crippen molar-refractivity contribution in [3.05, 3.63) is 89.5 Å². The number of fused-ring (bicyclic) bond motifs is 1. The largest absolute Gasteiger partial charge is 0.497 e. The lowest BCUT2D eigenvalue weighted by Crippen LogP contribution is -2.43. The van der Waals surface area contributed by atoms with E-state index in [4.69, 9.17) is 14.2 Å². The van der Waals surface area contributed by atoms with E-state index < -0.39 is 5.60 Å². The van der Waals surface area contributed by atoms with Gasteiger partial charge in [-0.2, -0.15) is 0 Å². The highest BCUT2D eigenvalue weighted by atomic mass is 16.5. The van der Waals surface area contributed by atoms with E-state index in [1.807, 2.05) is 26.0 Å². The fourth-order valence-corrected chi connectivity index (χ4v) is 5.61. The maximum atomic E-state index is 6.60. The Bertz CT molecular complexity index is 1090. The van der Waals surface area contributed by atoms with Gasteiger partial charge < -0.3 is 14.2 Å². The van der Waals surface area contributed by atoms with Crippen LogP contribution in [0.15, 0.2) is 72.8 Å². The van der Waals surface area contributed by atoms with Crippen LogP contribution >= 0.6 is 0 Å². The van der Waals surface area contributed by atoms with E-state index in [9.17, 15) is 0 Å². The molecule has 3 aromatic rings. The Labute approximate surface area is 217 Å². The number of methoxy groups -OCH3 is 1. The Hall–Kier alpha value is -2.98. The number of nitrogens with zero attached hydrogens (tertiary/aromatic N) is 1. The molecule has 0 aliphatic carbocycles. The van der Waals surface area contributed by atoms with Gasteiger partial charge in [0, 0.05) is 30.0 Å². The Balaban J connectivity index is 0.00000148. The molecule has 2 heterocycles. The summed E-state index contributed by atoms with van der Waals surface area (Å²) < 4.78 is 18.2. The van der Waals surface area contributed by atoms with Gasteiger partial charge in [0.15, 0.2) is 0 Å². The molecular formula is C32H41NO3. The molecule has 192 valence electrons. The van der Waals surface area contributed by atoms with Gasteiger partial charge in [-0.3, -0.25) is 4.90 Å². The van der Waals surface area contributed by atoms with Gasteiger partial charge in [0.25, 0.3) is 0 Å². The van der Waals surface area contributed by atoms with Crippen LogP contribution in [0.25, 0.3) is 0 Å². The molecule has 1 fully saturated rings. The van der Waals surface area contributed by atoms with Crippen LogP contribution in [-0.4, -0.2) is 43.9 Å². The number of likely N-dealkylation sites (tertiary alicyclic amines) is 1. The smallest absolute Gasteiger partial charge is 0.127 e. The van der Waals surface area contributed by atoms with Crippen LogP contribution in [0, 0.1) is 0 Å². The summed E-state index contributed by atoms with van der Waals surface area (Å²) in [4.78, 5) is 2.48. The minimum atomic E-state index is -0.393. The summed E-state index contributed by atoms with van der Waals surface area (Å²) in [6, 6.07) is 25.6. The van der Waals surface area contributed by atoms with Crippen LogP contribution in [0.3, 0.4) is 0 Å². The SMILES string of the molecule is CC.COc1ccc2c(c1)OC(C)(C)[C@H](c1ccccc1)[C@@H]2c1ccc(OCCN2CCCC2)cc1. The second-order valence-electron chi connectivity index (χ2n) is 9.94. The second-order valence-corrected chi connectivity index (χ2v) is 9.94. The molecule has 0 radical (unpaired) electrons. The third-order valence-electron chi connectivity index (χ3n) is 7.28. The van der Waals surface area contributed by atoms with E-state index in [0.717, 1.165) is 30.4 Å². The summed E-state index contributed by atoms with van der Waals surface area (Å²) in [5.74, 6) is 2.96. The molecule has 3 aromatic carbocycles. The molecule has 5 rings (SSSR count). The zero-order valence-corrected chi connectivity index (χ0v) is 22.5. The lowest BCUT2D eigenvalue weighted by molar-refractivity contribution is 0.0528. The Morgan fingerprint density at radius 3 is 2.19 bits per heavy atom. The van der Waals surface area contributed by atoms with Crippen LogP contribution in [0.4, 0.5) is 0 Å². The predicted molar refractivity (Wildman–Crippen MR) is 148 cm³/mol. The van der Waals surface area contributed by atoms with Crippen LogP contribution in [0.1, 0.15) is 69.1 Å². The Morgan fingerprint density at radius 1 is 0.861 bits per heavy atom. The topological polar surface area (TPSA) is 30.9 Å². The van der Waals surface area contributed by atoms with Gasteiger partial charge in [-0.15, -0.1) is 0 Å². The number of benzene rings is 3. The van der Waals surface area contributed by atoms with Crippen molar-refractivity contribution in [3.8, 4) is 17.2 Å². The van der Waals surface area contributed by atoms with Gasteiger partial charge in [0.2, 0.25) is 0 Å². The van der Waals surface area contributed by atoms with Gasteiger partial charge in [-0.05, 0) is 69.1 Å². The van der Waals surface area contributed by atoms with Crippen LogP contribution < -0.4 is 14.2 Å². The summed E-state index contributed by atoms with van der Waals surface area (Å²) in [5.41, 5.74) is 3.35. The van der Waals surface area contributed by atoms with Crippen molar-refractivity contribution in [3.63, 3.8) is 0 Å². The summed E-state index contributed by atoms with van der Waals surface area (Å²) in [6.07, 6.45) is 2.62. The van der Waals surface area contributed by atoms with Crippen molar-refractivity contribution in [1.29, 1.82) is 0 Å². The second kappa shape index (κ2) is 11.8. The third kappa shape index (κ3) is 5.70. The first kappa shape index (κ1) is 26.1. The average molecular weight is 488 g/mol. The first-order valence-corrected chi connectivity index (χ1v) is 13.4. The minimum absolute atomic E-state index is 0.158. The summed E-state index contributed by atoms with van der Waals surface area (Å²) in [5, 5.41) is 0. The molecule has 0 amide bonds. The van der Waals surface area contributed by atoms with E-state index in [2.05, 4.69) is 79.4 Å². The maximum Gasteiger partial charge on any atom is 0.127 e. The summed E-state index contributed by atoms with van der Waals surface area (Å²) in [6.45, 7) is 12.5. The minimum Gasteiger partial charge on any atom is -0.497 e. The van der Waals surface area contributed by atoms with Crippen molar-refractivity contribution in [1.82, 2.24) is 4.90 Å². The average Bonchev–Trinajstić information content (AvgIpc) is 3.43. The fraction of sp³-hybridized carbons (Fsp3) is 0.438. The van der Waals surface area contributed by atoms with Gasteiger partial charge in [-0.25, -0.2) is 0 Å². The molecule has 0 N–H and O–H groups in total. The summed E-state index contributed by atoms with van der Waals surface area (Å²) in [7, 11) is 1.70. The molecule has 2 aliphatic rings. The molecule has 0 saturated carbocycles. The normalized spacial score (nSPS) is 20.5. The molecule has 1 saturated heterocycles. The Kier molecular flexibility index (Phi) is 8.58. The first-order chi connectivity index (χ1) is 17.5. The molecule has 36 heavy (non-hydrogen) atoms. The lowest BCUT2D eigenvalue weighted by Gasteiger charge is -2.45. The van der Waals surface area contributed by atoms with Crippen molar-refractivity contribution >= 4 is 0 Å². The van der Waals surface area contributed by atoms with E-state index in [1.165, 1.54) is 42.6 Å². The van der Waals surface area contributed by atoms with Crippen molar-refractivity contribution in [2.45, 2.75) is 58.0 Å². The highest BCUT2D eigenvalue weighted by Crippen LogP contribution is 2.53. The van der Waals surface area contributed by atoms with E-state index >= 15 is 0 Å². The van der Waals surface area contributed by atoms with Gasteiger partial charge in [0.05, 0.1) is 7.11 Å². The molecule has 0 bridgehead atoms. The number of hydrogen-bond donors (Lipinski definition) is 0. The van der Waals surface area contributed by atoms with Gasteiger partial charge >= 0.3 is 0 Å². The zero-order valence-electron chi connectivity index (χ0n) is 22.5. The molecule has 0 unspecified atom stereocenters. The summed E-state index contributed by atoms with van der Waals surface area (Å²) >= 11 is 0. The van der Waals surface area contributed by atoms with E-state index in [0.29, 0.717) is 0 Å². The van der Waals surface area contributed by atoms with Crippen LogP contribution in [0.5, 0.6) is 17.2 Å². The molecule has 0 spiro atoms. The Morgan fingerprint density at radius 2 is 1.53 bits per heavy atom. The monoisotopic (exact) mass is 487 g/mol. The van der Waals surface area contributed by atoms with Gasteiger partial charge in [-0.1, -0.05) is 62.4 Å². The van der Waals surface area contributed by atoms with Crippen molar-refractivity contribution in [2.75, 3.05) is 33.4 Å². The molecule has 0 aromatic heterocycles. The molecule has 2 aliphatic heterocycles. The van der Waals surface area contributed by atoms with Crippen LogP contribution in [0.2, 0.25) is 0 Å². The molecule has 4 nitrogen and oxygen atoms in total. The molecular weight excluding hydrogens is 446 g/mol. The zero-order chi connectivity index (χ0) is 25.5. The molecule has 4 heteroatoms. The van der Waals surface area contributed by atoms with Crippen molar-refractivity contribution in [2.24, 2.45) is 0 Å². The molecule has 2 atom stereocenters. The lowest BCUT2D eigenvalue weighted by atomic mass is 9.68. The number of hydrogen-bond acceptors (Lipinski definition) is 4. The maximum absolute atomic E-state index is 6.60. The predicted octanol–water partition coefficient (Wildman–Crippen LogP) is 7.28. The third-order valence-corrected chi connectivity index (χ3v) is 7.28. The van der Waals surface area contributed by atoms with E-state index in [-0.39, 0.29) is 11.8 Å². The first-order valence-electron chi connectivity index (χ1n) is 13.4. The number of ether oxygens (including phenoxy) is 3. The highest BCUT2D eigenvalue weighted by molar-refractivity contribution is 5.52.